The molecule has 1 aliphatic rings. The van der Waals surface area contributed by atoms with Crippen LogP contribution in [-0.2, 0) is 11.3 Å². The molecule has 1 aromatic heterocycles. The van der Waals surface area contributed by atoms with Crippen LogP contribution in [0.5, 0.6) is 11.5 Å². The Morgan fingerprint density at radius 3 is 2.70 bits per heavy atom. The summed E-state index contributed by atoms with van der Waals surface area (Å²) < 4.78 is 11.8. The maximum atomic E-state index is 12.7. The number of aromatic nitrogens is 2. The van der Waals surface area contributed by atoms with Crippen molar-refractivity contribution in [2.24, 2.45) is 0 Å². The number of nitrogens with one attached hydrogen (secondary N) is 1. The van der Waals surface area contributed by atoms with E-state index in [0.29, 0.717) is 28.9 Å². The molecule has 0 saturated carbocycles. The van der Waals surface area contributed by atoms with Gasteiger partial charge in [-0.25, -0.2) is 4.98 Å². The van der Waals surface area contributed by atoms with E-state index in [1.165, 1.54) is 43.5 Å². The van der Waals surface area contributed by atoms with Gasteiger partial charge >= 0.3 is 0 Å². The third-order valence-corrected chi connectivity index (χ3v) is 4.80. The summed E-state index contributed by atoms with van der Waals surface area (Å²) in [7, 11) is 3.03. The molecule has 0 radical (unpaired) electrons. The van der Waals surface area contributed by atoms with Gasteiger partial charge in [0.2, 0.25) is 5.91 Å². The Kier molecular flexibility index (Phi) is 6.11. The molecule has 0 unspecified atom stereocenters. The Morgan fingerprint density at radius 1 is 1.22 bits per heavy atom. The van der Waals surface area contributed by atoms with Gasteiger partial charge in [0.15, 0.2) is 11.5 Å². The first kappa shape index (κ1) is 18.9. The Labute approximate surface area is 158 Å². The molecule has 1 N–H and O–H groups in total. The normalized spacial score (nSPS) is 13.9. The van der Waals surface area contributed by atoms with Crippen molar-refractivity contribution >= 4 is 16.8 Å². The van der Waals surface area contributed by atoms with Crippen LogP contribution in [0.3, 0.4) is 0 Å². The van der Waals surface area contributed by atoms with Gasteiger partial charge in [-0.05, 0) is 38.2 Å². The third-order valence-electron chi connectivity index (χ3n) is 4.80. The van der Waals surface area contributed by atoms with Gasteiger partial charge in [0.1, 0.15) is 6.54 Å². The molecule has 2 aromatic rings. The lowest BCUT2D eigenvalue weighted by Crippen LogP contribution is -2.33. The highest BCUT2D eigenvalue weighted by atomic mass is 16.5. The van der Waals surface area contributed by atoms with Crippen molar-refractivity contribution in [2.45, 2.75) is 38.6 Å². The summed E-state index contributed by atoms with van der Waals surface area (Å²) in [5, 5.41) is 3.27. The summed E-state index contributed by atoms with van der Waals surface area (Å²) in [4.78, 5) is 29.2. The number of hydrogen-bond donors (Lipinski definition) is 1. The summed E-state index contributed by atoms with van der Waals surface area (Å²) in [5.41, 5.74) is 1.62. The Balaban J connectivity index is 1.69. The minimum absolute atomic E-state index is 0.0604. The molecule has 3 rings (SSSR count). The SMILES string of the molecule is COc1cc2ncn(CC(=O)NCCC3=CCCCC3)c(=O)c2cc1OC. The predicted octanol–water partition coefficient (Wildman–Crippen LogP) is 2.42. The van der Waals surface area contributed by atoms with Gasteiger partial charge in [0.25, 0.3) is 5.56 Å². The monoisotopic (exact) mass is 371 g/mol. The number of rotatable bonds is 7. The third kappa shape index (κ3) is 4.48. The first-order chi connectivity index (χ1) is 13.1. The van der Waals surface area contributed by atoms with E-state index in [1.54, 1.807) is 12.1 Å². The second-order valence-corrected chi connectivity index (χ2v) is 6.61. The zero-order valence-corrected chi connectivity index (χ0v) is 15.8. The van der Waals surface area contributed by atoms with Gasteiger partial charge in [0.05, 0.1) is 31.4 Å². The van der Waals surface area contributed by atoms with Gasteiger partial charge < -0.3 is 14.8 Å². The zero-order chi connectivity index (χ0) is 19.2. The fourth-order valence-electron chi connectivity index (χ4n) is 3.30. The number of amides is 1. The number of ether oxygens (including phenoxy) is 2. The molecule has 1 aromatic carbocycles. The molecule has 0 saturated heterocycles. The lowest BCUT2D eigenvalue weighted by molar-refractivity contribution is -0.121. The van der Waals surface area contributed by atoms with Crippen molar-refractivity contribution in [3.8, 4) is 11.5 Å². The van der Waals surface area contributed by atoms with E-state index in [2.05, 4.69) is 16.4 Å². The van der Waals surface area contributed by atoms with E-state index in [4.69, 9.17) is 9.47 Å². The molecule has 0 spiro atoms. The standard InChI is InChI=1S/C20H25N3O4/c1-26-17-10-15-16(11-18(17)27-2)22-13-23(20(15)25)12-19(24)21-9-8-14-6-4-3-5-7-14/h6,10-11,13H,3-5,7-9,12H2,1-2H3,(H,21,24). The highest BCUT2D eigenvalue weighted by Gasteiger charge is 2.13. The van der Waals surface area contributed by atoms with Crippen LogP contribution in [0, 0.1) is 0 Å². The van der Waals surface area contributed by atoms with Crippen molar-refractivity contribution in [3.63, 3.8) is 0 Å². The quantitative estimate of drug-likeness (QED) is 0.756. The molecular formula is C20H25N3O4. The number of allylic oxidation sites excluding steroid dienone is 1. The second kappa shape index (κ2) is 8.70. The molecule has 0 fully saturated rings. The number of carbonyl (C=O) groups excluding carboxylic acids is 1. The highest BCUT2D eigenvalue weighted by molar-refractivity contribution is 5.82. The number of carbonyl (C=O) groups is 1. The van der Waals surface area contributed by atoms with E-state index < -0.39 is 0 Å². The number of hydrogen-bond acceptors (Lipinski definition) is 5. The molecule has 0 atom stereocenters. The minimum Gasteiger partial charge on any atom is -0.493 e. The van der Waals surface area contributed by atoms with Crippen LogP contribution in [0.25, 0.3) is 10.9 Å². The number of benzene rings is 1. The molecule has 144 valence electrons. The van der Waals surface area contributed by atoms with E-state index in [0.717, 1.165) is 19.3 Å². The number of methoxy groups -OCH3 is 2. The summed E-state index contributed by atoms with van der Waals surface area (Å²) in [5.74, 6) is 0.756. The minimum atomic E-state index is -0.286. The van der Waals surface area contributed by atoms with Gasteiger partial charge in [0, 0.05) is 12.6 Å². The fraction of sp³-hybridized carbons (Fsp3) is 0.450. The molecule has 7 heteroatoms. The average molecular weight is 371 g/mol. The topological polar surface area (TPSA) is 82.5 Å². The summed E-state index contributed by atoms with van der Waals surface area (Å²) in [6, 6.07) is 3.24. The number of nitrogens with zero attached hydrogens (tertiary/aromatic N) is 2. The zero-order valence-electron chi connectivity index (χ0n) is 15.8. The van der Waals surface area contributed by atoms with E-state index in [1.807, 2.05) is 0 Å². The lowest BCUT2D eigenvalue weighted by Gasteiger charge is -2.13. The average Bonchev–Trinajstić information content (AvgIpc) is 2.70. The first-order valence-electron chi connectivity index (χ1n) is 9.18. The molecule has 0 bridgehead atoms. The summed E-state index contributed by atoms with van der Waals surface area (Å²) >= 11 is 0. The molecule has 0 aliphatic heterocycles. The molecule has 27 heavy (non-hydrogen) atoms. The second-order valence-electron chi connectivity index (χ2n) is 6.61. The van der Waals surface area contributed by atoms with Crippen LogP contribution in [-0.4, -0.2) is 36.2 Å². The lowest BCUT2D eigenvalue weighted by atomic mass is 9.97. The van der Waals surface area contributed by atoms with Crippen LogP contribution in [0.1, 0.15) is 32.1 Å². The predicted molar refractivity (Wildman–Crippen MR) is 103 cm³/mol. The van der Waals surface area contributed by atoms with E-state index in [9.17, 15) is 9.59 Å². The highest BCUT2D eigenvalue weighted by Crippen LogP contribution is 2.29. The smallest absolute Gasteiger partial charge is 0.261 e. The summed E-state index contributed by atoms with van der Waals surface area (Å²) in [6.07, 6.45) is 9.27. The molecular weight excluding hydrogens is 346 g/mol. The molecule has 1 aliphatic carbocycles. The Hall–Kier alpha value is -2.83. The summed E-state index contributed by atoms with van der Waals surface area (Å²) in [6.45, 7) is 0.528. The van der Waals surface area contributed by atoms with Crippen molar-refractivity contribution in [1.29, 1.82) is 0 Å². The van der Waals surface area contributed by atoms with Gasteiger partial charge in [-0.15, -0.1) is 0 Å². The largest absolute Gasteiger partial charge is 0.493 e. The van der Waals surface area contributed by atoms with Crippen molar-refractivity contribution in [2.75, 3.05) is 20.8 Å². The number of fused-ring (bicyclic) bond motifs is 1. The molecule has 7 nitrogen and oxygen atoms in total. The van der Waals surface area contributed by atoms with E-state index >= 15 is 0 Å². The van der Waals surface area contributed by atoms with Crippen LogP contribution in [0.4, 0.5) is 0 Å². The fourth-order valence-corrected chi connectivity index (χ4v) is 3.30. The van der Waals surface area contributed by atoms with Gasteiger partial charge in [-0.3, -0.25) is 14.2 Å². The van der Waals surface area contributed by atoms with Gasteiger partial charge in [-0.2, -0.15) is 0 Å². The maximum absolute atomic E-state index is 12.7. The van der Waals surface area contributed by atoms with Crippen LogP contribution < -0.4 is 20.3 Å². The van der Waals surface area contributed by atoms with Crippen LogP contribution >= 0.6 is 0 Å². The molecule has 1 amide bonds. The van der Waals surface area contributed by atoms with E-state index in [-0.39, 0.29) is 18.0 Å². The van der Waals surface area contributed by atoms with Crippen LogP contribution in [0.2, 0.25) is 0 Å². The molecule has 1 heterocycles. The first-order valence-corrected chi connectivity index (χ1v) is 9.18. The maximum Gasteiger partial charge on any atom is 0.261 e. The van der Waals surface area contributed by atoms with Gasteiger partial charge in [-0.1, -0.05) is 11.6 Å². The Morgan fingerprint density at radius 2 is 2.00 bits per heavy atom. The van der Waals surface area contributed by atoms with Crippen LogP contribution in [0.15, 0.2) is 34.9 Å². The van der Waals surface area contributed by atoms with Crippen molar-refractivity contribution in [3.05, 3.63) is 40.5 Å². The Bertz CT molecular complexity index is 917. The van der Waals surface area contributed by atoms with Crippen molar-refractivity contribution in [1.82, 2.24) is 14.9 Å². The van der Waals surface area contributed by atoms with Crippen molar-refractivity contribution < 1.29 is 14.3 Å².